The standard InChI is InChI=1S/C13H24N2O3S/c1-2-3-4-5-6-7-10-15-11-12-8-9-13(18-12)19(14,16)17/h8-9,15H,2-7,10-11H2,1H3,(H2,14,16,17). The van der Waals surface area contributed by atoms with Crippen molar-refractivity contribution in [3.05, 3.63) is 17.9 Å². The maximum Gasteiger partial charge on any atom is 0.271 e. The third kappa shape index (κ3) is 6.75. The molecule has 0 aliphatic rings. The summed E-state index contributed by atoms with van der Waals surface area (Å²) in [7, 11) is -3.72. The summed E-state index contributed by atoms with van der Waals surface area (Å²) in [6, 6.07) is 3.02. The van der Waals surface area contributed by atoms with Crippen LogP contribution in [-0.2, 0) is 16.6 Å². The molecule has 6 heteroatoms. The zero-order valence-electron chi connectivity index (χ0n) is 11.5. The predicted molar refractivity (Wildman–Crippen MR) is 75.2 cm³/mol. The maximum absolute atomic E-state index is 11.0. The summed E-state index contributed by atoms with van der Waals surface area (Å²) in [5, 5.41) is 8.01. The highest BCUT2D eigenvalue weighted by molar-refractivity contribution is 7.89. The van der Waals surface area contributed by atoms with Gasteiger partial charge in [0.2, 0.25) is 5.09 Å². The molecule has 1 aromatic heterocycles. The number of primary sulfonamides is 1. The van der Waals surface area contributed by atoms with Gasteiger partial charge in [-0.1, -0.05) is 39.0 Å². The molecule has 0 spiro atoms. The minimum absolute atomic E-state index is 0.177. The van der Waals surface area contributed by atoms with Crippen LogP contribution in [0.1, 0.15) is 51.2 Å². The Balaban J connectivity index is 2.11. The van der Waals surface area contributed by atoms with Crippen molar-refractivity contribution >= 4 is 10.0 Å². The highest BCUT2D eigenvalue weighted by Crippen LogP contribution is 2.11. The van der Waals surface area contributed by atoms with Crippen molar-refractivity contribution < 1.29 is 12.8 Å². The van der Waals surface area contributed by atoms with Crippen LogP contribution in [0, 0.1) is 0 Å². The summed E-state index contributed by atoms with van der Waals surface area (Å²) < 4.78 is 27.2. The van der Waals surface area contributed by atoms with Crippen molar-refractivity contribution in [1.29, 1.82) is 0 Å². The normalized spacial score (nSPS) is 11.9. The molecule has 1 heterocycles. The van der Waals surface area contributed by atoms with Crippen LogP contribution in [0.25, 0.3) is 0 Å². The number of nitrogens with one attached hydrogen (secondary N) is 1. The van der Waals surface area contributed by atoms with Crippen molar-refractivity contribution in [2.75, 3.05) is 6.54 Å². The van der Waals surface area contributed by atoms with E-state index in [-0.39, 0.29) is 5.09 Å². The van der Waals surface area contributed by atoms with E-state index in [4.69, 9.17) is 9.56 Å². The summed E-state index contributed by atoms with van der Waals surface area (Å²) in [5.74, 6) is 0.593. The van der Waals surface area contributed by atoms with E-state index in [1.165, 1.54) is 38.2 Å². The minimum Gasteiger partial charge on any atom is -0.447 e. The van der Waals surface area contributed by atoms with E-state index < -0.39 is 10.0 Å². The Hall–Kier alpha value is -0.850. The third-order valence-corrected chi connectivity index (χ3v) is 3.70. The average molecular weight is 288 g/mol. The van der Waals surface area contributed by atoms with Gasteiger partial charge in [-0.3, -0.25) is 0 Å². The van der Waals surface area contributed by atoms with Gasteiger partial charge in [-0.05, 0) is 25.1 Å². The zero-order valence-corrected chi connectivity index (χ0v) is 12.3. The largest absolute Gasteiger partial charge is 0.447 e. The molecule has 0 saturated heterocycles. The highest BCUT2D eigenvalue weighted by Gasteiger charge is 2.12. The second-order valence-corrected chi connectivity index (χ2v) is 6.20. The topological polar surface area (TPSA) is 85.3 Å². The van der Waals surface area contributed by atoms with Gasteiger partial charge in [-0.2, -0.15) is 0 Å². The summed E-state index contributed by atoms with van der Waals surface area (Å²) in [6.45, 7) is 3.66. The lowest BCUT2D eigenvalue weighted by Gasteiger charge is -2.02. The third-order valence-electron chi connectivity index (χ3n) is 2.92. The van der Waals surface area contributed by atoms with Crippen LogP contribution >= 0.6 is 0 Å². The zero-order chi connectivity index (χ0) is 14.1. The molecule has 0 fully saturated rings. The van der Waals surface area contributed by atoms with Gasteiger partial charge in [-0.15, -0.1) is 0 Å². The predicted octanol–water partition coefficient (Wildman–Crippen LogP) is 2.38. The van der Waals surface area contributed by atoms with E-state index in [0.717, 1.165) is 13.0 Å². The molecule has 1 rings (SSSR count). The number of hydrogen-bond acceptors (Lipinski definition) is 4. The Morgan fingerprint density at radius 3 is 2.47 bits per heavy atom. The minimum atomic E-state index is -3.72. The molecule has 0 bridgehead atoms. The number of unbranched alkanes of at least 4 members (excludes halogenated alkanes) is 5. The van der Waals surface area contributed by atoms with Gasteiger partial charge < -0.3 is 9.73 Å². The van der Waals surface area contributed by atoms with Crippen LogP contribution < -0.4 is 10.5 Å². The molecule has 0 aliphatic heterocycles. The molecule has 19 heavy (non-hydrogen) atoms. The van der Waals surface area contributed by atoms with Gasteiger partial charge in [0, 0.05) is 0 Å². The van der Waals surface area contributed by atoms with E-state index in [1.54, 1.807) is 6.07 Å². The van der Waals surface area contributed by atoms with Crippen LogP contribution in [0.3, 0.4) is 0 Å². The Labute approximate surface area is 115 Å². The average Bonchev–Trinajstić information content (AvgIpc) is 2.81. The van der Waals surface area contributed by atoms with Gasteiger partial charge in [0.1, 0.15) is 5.76 Å². The molecular formula is C13H24N2O3S. The van der Waals surface area contributed by atoms with Crippen molar-refractivity contribution in [3.8, 4) is 0 Å². The molecule has 0 saturated carbocycles. The fourth-order valence-corrected chi connectivity index (χ4v) is 2.33. The molecule has 0 unspecified atom stereocenters. The molecule has 0 aliphatic carbocycles. The quantitative estimate of drug-likeness (QED) is 0.647. The first-order chi connectivity index (χ1) is 9.04. The van der Waals surface area contributed by atoms with Gasteiger partial charge in [-0.25, -0.2) is 13.6 Å². The summed E-state index contributed by atoms with van der Waals surface area (Å²) in [4.78, 5) is 0. The highest BCUT2D eigenvalue weighted by atomic mass is 32.2. The van der Waals surface area contributed by atoms with Gasteiger partial charge in [0.15, 0.2) is 0 Å². The van der Waals surface area contributed by atoms with Crippen molar-refractivity contribution in [2.24, 2.45) is 5.14 Å². The van der Waals surface area contributed by atoms with Crippen molar-refractivity contribution in [1.82, 2.24) is 5.32 Å². The first-order valence-electron chi connectivity index (χ1n) is 6.86. The fourth-order valence-electron chi connectivity index (χ4n) is 1.85. The molecule has 0 radical (unpaired) electrons. The van der Waals surface area contributed by atoms with Gasteiger partial charge >= 0.3 is 0 Å². The molecule has 0 amide bonds. The first kappa shape index (κ1) is 16.2. The summed E-state index contributed by atoms with van der Waals surface area (Å²) in [6.07, 6.45) is 7.54. The summed E-state index contributed by atoms with van der Waals surface area (Å²) >= 11 is 0. The van der Waals surface area contributed by atoms with E-state index in [1.807, 2.05) is 0 Å². The number of rotatable bonds is 10. The van der Waals surface area contributed by atoms with Crippen LogP contribution in [0.4, 0.5) is 0 Å². The molecule has 1 aromatic rings. The first-order valence-corrected chi connectivity index (χ1v) is 8.41. The lowest BCUT2D eigenvalue weighted by atomic mass is 10.1. The van der Waals surface area contributed by atoms with Crippen LogP contribution in [0.15, 0.2) is 21.6 Å². The monoisotopic (exact) mass is 288 g/mol. The lowest BCUT2D eigenvalue weighted by molar-refractivity contribution is 0.401. The van der Waals surface area contributed by atoms with Crippen molar-refractivity contribution in [2.45, 2.75) is 57.1 Å². The molecule has 5 nitrogen and oxygen atoms in total. The number of nitrogens with two attached hydrogens (primary N) is 1. The second-order valence-electron chi connectivity index (χ2n) is 4.71. The maximum atomic E-state index is 11.0. The molecule has 110 valence electrons. The molecule has 0 atom stereocenters. The molecule has 3 N–H and O–H groups in total. The van der Waals surface area contributed by atoms with E-state index in [2.05, 4.69) is 12.2 Å². The lowest BCUT2D eigenvalue weighted by Crippen LogP contribution is -2.14. The smallest absolute Gasteiger partial charge is 0.271 e. The summed E-state index contributed by atoms with van der Waals surface area (Å²) in [5.41, 5.74) is 0. The fraction of sp³-hybridized carbons (Fsp3) is 0.692. The Morgan fingerprint density at radius 2 is 1.84 bits per heavy atom. The van der Waals surface area contributed by atoms with Gasteiger partial charge in [0.05, 0.1) is 6.54 Å². The second kappa shape index (κ2) is 8.35. The number of furan rings is 1. The van der Waals surface area contributed by atoms with E-state index in [0.29, 0.717) is 12.3 Å². The van der Waals surface area contributed by atoms with E-state index in [9.17, 15) is 8.42 Å². The Morgan fingerprint density at radius 1 is 1.16 bits per heavy atom. The van der Waals surface area contributed by atoms with Crippen molar-refractivity contribution in [3.63, 3.8) is 0 Å². The molecule has 0 aromatic carbocycles. The van der Waals surface area contributed by atoms with Crippen LogP contribution in [0.2, 0.25) is 0 Å². The number of hydrogen-bond donors (Lipinski definition) is 2. The van der Waals surface area contributed by atoms with Gasteiger partial charge in [0.25, 0.3) is 10.0 Å². The van der Waals surface area contributed by atoms with Crippen LogP contribution in [-0.4, -0.2) is 15.0 Å². The Kier molecular flexibility index (Phi) is 7.12. The van der Waals surface area contributed by atoms with E-state index >= 15 is 0 Å². The van der Waals surface area contributed by atoms with Crippen LogP contribution in [0.5, 0.6) is 0 Å². The Bertz CT molecular complexity index is 454. The molecular weight excluding hydrogens is 264 g/mol. The SMILES string of the molecule is CCCCCCCCNCc1ccc(S(N)(=O)=O)o1. The number of sulfonamides is 1.